The predicted octanol–water partition coefficient (Wildman–Crippen LogP) is 4.97. The molecule has 0 saturated carbocycles. The molecule has 23 heteroatoms. The molecule has 16 nitrogen and oxygen atoms in total. The van der Waals surface area contributed by atoms with Crippen molar-refractivity contribution in [3.05, 3.63) is 47.9 Å². The first-order valence-electron chi connectivity index (χ1n) is 20.3. The van der Waals surface area contributed by atoms with Crippen molar-refractivity contribution in [3.8, 4) is 11.3 Å². The predicted molar refractivity (Wildman–Crippen MR) is 210 cm³/mol. The van der Waals surface area contributed by atoms with E-state index in [0.29, 0.717) is 48.5 Å². The summed E-state index contributed by atoms with van der Waals surface area (Å²) >= 11 is 0. The smallest absolute Gasteiger partial charge is 0.351 e. The normalized spacial score (nSPS) is 21.4. The lowest BCUT2D eigenvalue weighted by atomic mass is 9.88. The van der Waals surface area contributed by atoms with Crippen molar-refractivity contribution < 1.29 is 44.3 Å². The van der Waals surface area contributed by atoms with Gasteiger partial charge in [-0.05, 0) is 81.1 Å². The molecule has 1 unspecified atom stereocenters. The van der Waals surface area contributed by atoms with Crippen LogP contribution in [0.1, 0.15) is 62.0 Å². The average Bonchev–Trinajstić information content (AvgIpc) is 3.80. The molecule has 1 atom stereocenters. The Balaban J connectivity index is 0.831. The van der Waals surface area contributed by atoms with Gasteiger partial charge < -0.3 is 10.2 Å². The second-order valence-corrected chi connectivity index (χ2v) is 18.2. The van der Waals surface area contributed by atoms with E-state index >= 15 is 0 Å². The number of aromatic nitrogens is 6. The lowest BCUT2D eigenvalue weighted by Crippen LogP contribution is -2.52. The number of carbonyl (C=O) groups excluding carboxylic acids is 2. The molecule has 2 N–H and O–H groups in total. The van der Waals surface area contributed by atoms with Gasteiger partial charge in [-0.2, -0.15) is 53.6 Å². The number of hydrogen-bond acceptors (Lipinski definition) is 10. The number of aryl methyl sites for hydroxylation is 1. The quantitative estimate of drug-likeness (QED) is 0.208. The van der Waals surface area contributed by atoms with E-state index in [0.717, 1.165) is 68.6 Å². The van der Waals surface area contributed by atoms with E-state index < -0.39 is 46.4 Å². The summed E-state index contributed by atoms with van der Waals surface area (Å²) in [4.78, 5) is 35.9. The highest BCUT2D eigenvalue weighted by atomic mass is 32.2. The van der Waals surface area contributed by atoms with Crippen LogP contribution in [0, 0.1) is 5.92 Å². The third-order valence-corrected chi connectivity index (χ3v) is 14.0. The number of alkyl halides is 6. The number of urea groups is 1. The summed E-state index contributed by atoms with van der Waals surface area (Å²) in [5.41, 5.74) is 0.00372. The van der Waals surface area contributed by atoms with Gasteiger partial charge in [0.25, 0.3) is 10.2 Å². The molecule has 4 aromatic rings. The van der Waals surface area contributed by atoms with E-state index in [-0.39, 0.29) is 55.4 Å². The SMILES string of the molecule is Cn1nc(N2CCC(=O)NC2=O)c2ccc(C3CCN(CC4CCCN(S(=O)(=O)N5CCC(Nc6ncc(C(F)(F)F)c(-c7cnn(CC(F)(F)F)c7)n6)CC5)C4)CC3)cc21. The molecule has 3 aromatic heterocycles. The van der Waals surface area contributed by atoms with Crippen molar-refractivity contribution in [2.24, 2.45) is 13.0 Å². The molecular weight excluding hydrogens is 835 g/mol. The number of nitrogens with one attached hydrogen (secondary N) is 2. The highest BCUT2D eigenvalue weighted by molar-refractivity contribution is 7.86. The summed E-state index contributed by atoms with van der Waals surface area (Å²) in [7, 11) is -1.94. The van der Waals surface area contributed by atoms with Crippen LogP contribution in [0.3, 0.4) is 0 Å². The van der Waals surface area contributed by atoms with Crippen LogP contribution < -0.4 is 15.5 Å². The molecule has 4 saturated heterocycles. The van der Waals surface area contributed by atoms with Gasteiger partial charge in [0, 0.05) is 82.1 Å². The Labute approximate surface area is 347 Å². The topological polar surface area (TPSA) is 167 Å². The molecular formula is C38H46F6N12O4S. The van der Waals surface area contributed by atoms with Crippen LogP contribution in [0.25, 0.3) is 22.2 Å². The summed E-state index contributed by atoms with van der Waals surface area (Å²) in [5.74, 6) is 0.560. The highest BCUT2D eigenvalue weighted by Gasteiger charge is 2.39. The molecule has 4 aliphatic rings. The number of carbonyl (C=O) groups is 2. The lowest BCUT2D eigenvalue weighted by molar-refractivity contribution is -0.142. The third kappa shape index (κ3) is 9.48. The van der Waals surface area contributed by atoms with Crippen molar-refractivity contribution in [2.45, 2.75) is 75.8 Å². The number of nitrogens with zero attached hydrogens (tertiary/aromatic N) is 10. The minimum absolute atomic E-state index is 0.163. The molecule has 3 amide bonds. The monoisotopic (exact) mass is 880 g/mol. The molecule has 0 radical (unpaired) electrons. The lowest BCUT2D eigenvalue weighted by Gasteiger charge is -2.40. The second-order valence-electron chi connectivity index (χ2n) is 16.2. The molecule has 0 spiro atoms. The summed E-state index contributed by atoms with van der Waals surface area (Å²) in [6.07, 6.45) is -2.78. The van der Waals surface area contributed by atoms with Crippen molar-refractivity contribution in [1.82, 2.24) is 48.4 Å². The van der Waals surface area contributed by atoms with Crippen molar-refractivity contribution in [2.75, 3.05) is 62.6 Å². The summed E-state index contributed by atoms with van der Waals surface area (Å²) in [5, 5.41) is 14.3. The van der Waals surface area contributed by atoms with E-state index in [4.69, 9.17) is 0 Å². The second kappa shape index (κ2) is 16.8. The Bertz CT molecular complexity index is 2370. The molecule has 0 bridgehead atoms. The number of fused-ring (bicyclic) bond motifs is 1. The Morgan fingerprint density at radius 1 is 0.918 bits per heavy atom. The van der Waals surface area contributed by atoms with Gasteiger partial charge in [-0.15, -0.1) is 0 Å². The van der Waals surface area contributed by atoms with Gasteiger partial charge in [-0.25, -0.2) is 14.8 Å². The number of halogens is 6. The first kappa shape index (κ1) is 42.8. The van der Waals surface area contributed by atoms with E-state index in [1.807, 2.05) is 13.1 Å². The molecule has 1 aromatic carbocycles. The number of hydrogen-bond donors (Lipinski definition) is 2. The van der Waals surface area contributed by atoms with E-state index in [9.17, 15) is 44.3 Å². The standard InChI is InChI=1S/C38H46F6N12O4S/c1-51-31-17-26(4-5-29(31)34(50-51)56-16-10-32(57)48-36(56)58)25-6-12-52(13-7-25)20-24-3-2-11-55(21-24)61(59,60)54-14-8-28(9-15-54)47-35-45-19-30(38(42,43)44)33(49-35)27-18-46-53(22-27)23-37(39,40)41/h4-5,17-19,22,24-25,28H,2-3,6-16,20-21,23H2,1H3,(H,45,47,49)(H,48,57,58). The Morgan fingerprint density at radius 2 is 1.67 bits per heavy atom. The zero-order valence-corrected chi connectivity index (χ0v) is 34.1. The number of piperidine rings is 3. The molecule has 0 aliphatic carbocycles. The minimum Gasteiger partial charge on any atom is -0.351 e. The van der Waals surface area contributed by atoms with Crippen LogP contribution >= 0.6 is 0 Å². The summed E-state index contributed by atoms with van der Waals surface area (Å²) < 4.78 is 113. The number of likely N-dealkylation sites (tertiary alicyclic amines) is 1. The zero-order chi connectivity index (χ0) is 43.3. The molecule has 4 fully saturated rings. The fraction of sp³-hybridized carbons (Fsp3) is 0.579. The van der Waals surface area contributed by atoms with Gasteiger partial charge in [0.15, 0.2) is 5.82 Å². The zero-order valence-electron chi connectivity index (χ0n) is 33.3. The highest BCUT2D eigenvalue weighted by Crippen LogP contribution is 2.37. The van der Waals surface area contributed by atoms with Gasteiger partial charge in [-0.3, -0.25) is 24.4 Å². The maximum absolute atomic E-state index is 13.9. The molecule has 4 aliphatic heterocycles. The van der Waals surface area contributed by atoms with E-state index in [1.54, 1.807) is 8.99 Å². The molecule has 7 heterocycles. The van der Waals surface area contributed by atoms with Gasteiger partial charge in [0.1, 0.15) is 12.1 Å². The average molecular weight is 881 g/mol. The van der Waals surface area contributed by atoms with Crippen molar-refractivity contribution in [1.29, 1.82) is 0 Å². The van der Waals surface area contributed by atoms with Gasteiger partial charge in [0.05, 0.1) is 17.4 Å². The van der Waals surface area contributed by atoms with Crippen LogP contribution in [-0.2, 0) is 34.8 Å². The van der Waals surface area contributed by atoms with Gasteiger partial charge in [-0.1, -0.05) is 6.07 Å². The molecule has 61 heavy (non-hydrogen) atoms. The minimum atomic E-state index is -4.88. The van der Waals surface area contributed by atoms with Crippen molar-refractivity contribution >= 4 is 44.8 Å². The third-order valence-electron chi connectivity index (χ3n) is 12.0. The van der Waals surface area contributed by atoms with Crippen LogP contribution in [-0.4, -0.2) is 128 Å². The fourth-order valence-electron chi connectivity index (χ4n) is 8.89. The Kier molecular flexibility index (Phi) is 11.8. The number of rotatable bonds is 10. The van der Waals surface area contributed by atoms with E-state index in [2.05, 4.69) is 47.8 Å². The van der Waals surface area contributed by atoms with Gasteiger partial charge >= 0.3 is 18.4 Å². The Morgan fingerprint density at radius 3 is 2.38 bits per heavy atom. The van der Waals surface area contributed by atoms with Crippen LogP contribution in [0.4, 0.5) is 42.9 Å². The molecule has 330 valence electrons. The fourth-order valence-corrected chi connectivity index (χ4v) is 10.6. The van der Waals surface area contributed by atoms with E-state index in [1.165, 1.54) is 14.8 Å². The number of anilines is 2. The molecule has 8 rings (SSSR count). The van der Waals surface area contributed by atoms with Crippen LogP contribution in [0.5, 0.6) is 0 Å². The largest absolute Gasteiger partial charge is 0.419 e. The summed E-state index contributed by atoms with van der Waals surface area (Å²) in [6.45, 7) is 2.49. The first-order valence-corrected chi connectivity index (χ1v) is 21.7. The number of amides is 3. The Hall–Kier alpha value is -4.87. The first-order chi connectivity index (χ1) is 28.9. The maximum atomic E-state index is 13.9. The number of imide groups is 1. The van der Waals surface area contributed by atoms with Crippen molar-refractivity contribution in [3.63, 3.8) is 0 Å². The maximum Gasteiger partial charge on any atom is 0.419 e. The summed E-state index contributed by atoms with van der Waals surface area (Å²) in [6, 6.07) is 5.38. The number of benzene rings is 1. The van der Waals surface area contributed by atoms with Crippen LogP contribution in [0.2, 0.25) is 0 Å². The van der Waals surface area contributed by atoms with Gasteiger partial charge in [0.2, 0.25) is 11.9 Å². The van der Waals surface area contributed by atoms with Crippen LogP contribution in [0.15, 0.2) is 36.8 Å².